The Labute approximate surface area is 142 Å². The highest BCUT2D eigenvalue weighted by molar-refractivity contribution is 5.74. The number of hydrogen-bond acceptors (Lipinski definition) is 4. The third kappa shape index (κ3) is 4.34. The van der Waals surface area contributed by atoms with Gasteiger partial charge in [-0.3, -0.25) is 0 Å². The zero-order valence-electron chi connectivity index (χ0n) is 14.1. The van der Waals surface area contributed by atoms with Crippen molar-refractivity contribution >= 4 is 6.03 Å². The maximum atomic E-state index is 12.2. The maximum Gasteiger partial charge on any atom is 0.317 e. The first kappa shape index (κ1) is 16.5. The average molecular weight is 328 g/mol. The second kappa shape index (κ2) is 7.95. The molecule has 1 heterocycles. The fourth-order valence-electron chi connectivity index (χ4n) is 2.95. The molecule has 2 amide bonds. The van der Waals surface area contributed by atoms with Crippen LogP contribution >= 0.6 is 0 Å². The standard InChI is InChI=1S/C18H24N4O2/c1-22(18(23)19-15-10-6-3-7-11-15)13-12-16-20-17(24-21-16)14-8-4-2-5-9-14/h2,4-5,8-9,15H,3,6-7,10-13H2,1H3,(H,19,23). The van der Waals surface area contributed by atoms with Gasteiger partial charge in [0.1, 0.15) is 0 Å². The number of aromatic nitrogens is 2. The topological polar surface area (TPSA) is 71.3 Å². The van der Waals surface area contributed by atoms with Crippen LogP contribution < -0.4 is 5.32 Å². The molecule has 0 atom stereocenters. The number of carbonyl (C=O) groups is 1. The summed E-state index contributed by atoms with van der Waals surface area (Å²) in [5.41, 5.74) is 0.902. The molecule has 0 radical (unpaired) electrons. The minimum atomic E-state index is -0.0197. The SMILES string of the molecule is CN(CCc1noc(-c2ccccc2)n1)C(=O)NC1CCCCC1. The Morgan fingerprint density at radius 1 is 1.25 bits per heavy atom. The molecule has 3 rings (SSSR count). The van der Waals surface area contributed by atoms with E-state index >= 15 is 0 Å². The van der Waals surface area contributed by atoms with Crippen molar-refractivity contribution in [1.82, 2.24) is 20.4 Å². The van der Waals surface area contributed by atoms with E-state index in [1.165, 1.54) is 19.3 Å². The van der Waals surface area contributed by atoms with Crippen LogP contribution in [0.15, 0.2) is 34.9 Å². The number of nitrogens with zero attached hydrogens (tertiary/aromatic N) is 3. The molecular weight excluding hydrogens is 304 g/mol. The lowest BCUT2D eigenvalue weighted by Crippen LogP contribution is -2.44. The molecule has 1 aromatic heterocycles. The molecule has 0 saturated heterocycles. The van der Waals surface area contributed by atoms with Gasteiger partial charge in [-0.2, -0.15) is 4.98 Å². The van der Waals surface area contributed by atoms with Gasteiger partial charge in [0.25, 0.3) is 5.89 Å². The largest absolute Gasteiger partial charge is 0.335 e. The third-order valence-electron chi connectivity index (χ3n) is 4.44. The second-order valence-electron chi connectivity index (χ2n) is 6.34. The lowest BCUT2D eigenvalue weighted by Gasteiger charge is -2.26. The van der Waals surface area contributed by atoms with Gasteiger partial charge in [-0.1, -0.05) is 42.6 Å². The van der Waals surface area contributed by atoms with E-state index in [1.54, 1.807) is 11.9 Å². The van der Waals surface area contributed by atoms with Crippen molar-refractivity contribution in [2.75, 3.05) is 13.6 Å². The van der Waals surface area contributed by atoms with Crippen molar-refractivity contribution in [1.29, 1.82) is 0 Å². The van der Waals surface area contributed by atoms with Gasteiger partial charge in [0.2, 0.25) is 0 Å². The fourth-order valence-corrected chi connectivity index (χ4v) is 2.95. The molecule has 1 N–H and O–H groups in total. The number of amides is 2. The number of rotatable bonds is 5. The zero-order valence-corrected chi connectivity index (χ0v) is 14.1. The predicted octanol–water partition coefficient (Wildman–Crippen LogP) is 3.25. The Hall–Kier alpha value is -2.37. The van der Waals surface area contributed by atoms with Gasteiger partial charge in [-0.05, 0) is 25.0 Å². The molecule has 1 saturated carbocycles. The zero-order chi connectivity index (χ0) is 16.8. The smallest absolute Gasteiger partial charge is 0.317 e. The molecule has 2 aromatic rings. The van der Waals surface area contributed by atoms with Gasteiger partial charge in [0.15, 0.2) is 5.82 Å². The van der Waals surface area contributed by atoms with Crippen molar-refractivity contribution in [2.24, 2.45) is 0 Å². The highest BCUT2D eigenvalue weighted by Gasteiger charge is 2.18. The monoisotopic (exact) mass is 328 g/mol. The average Bonchev–Trinajstić information content (AvgIpc) is 3.10. The summed E-state index contributed by atoms with van der Waals surface area (Å²) in [6, 6.07) is 9.98. The molecule has 1 fully saturated rings. The predicted molar refractivity (Wildman–Crippen MR) is 91.5 cm³/mol. The Bertz CT molecular complexity index is 650. The summed E-state index contributed by atoms with van der Waals surface area (Å²) in [5.74, 6) is 1.13. The summed E-state index contributed by atoms with van der Waals surface area (Å²) >= 11 is 0. The summed E-state index contributed by atoms with van der Waals surface area (Å²) in [6.45, 7) is 0.562. The molecule has 0 bridgehead atoms. The molecule has 1 aromatic carbocycles. The number of benzene rings is 1. The Balaban J connectivity index is 1.48. The first-order valence-corrected chi connectivity index (χ1v) is 8.62. The number of carbonyl (C=O) groups excluding carboxylic acids is 1. The maximum absolute atomic E-state index is 12.2. The Morgan fingerprint density at radius 2 is 2.00 bits per heavy atom. The van der Waals surface area contributed by atoms with Crippen LogP contribution in [0.3, 0.4) is 0 Å². The summed E-state index contributed by atoms with van der Waals surface area (Å²) < 4.78 is 5.28. The van der Waals surface area contributed by atoms with Crippen LogP contribution in [0, 0.1) is 0 Å². The van der Waals surface area contributed by atoms with Crippen LogP contribution in [0.25, 0.3) is 11.5 Å². The van der Waals surface area contributed by atoms with E-state index in [2.05, 4.69) is 15.5 Å². The summed E-state index contributed by atoms with van der Waals surface area (Å²) in [4.78, 5) is 18.3. The lowest BCUT2D eigenvalue weighted by atomic mass is 9.96. The molecule has 128 valence electrons. The molecule has 24 heavy (non-hydrogen) atoms. The van der Waals surface area contributed by atoms with Crippen molar-refractivity contribution in [2.45, 2.75) is 44.6 Å². The number of nitrogens with one attached hydrogen (secondary N) is 1. The van der Waals surface area contributed by atoms with Crippen molar-refractivity contribution in [3.8, 4) is 11.5 Å². The minimum Gasteiger partial charge on any atom is -0.335 e. The van der Waals surface area contributed by atoms with Crippen LogP contribution in [0.4, 0.5) is 4.79 Å². The molecule has 1 aliphatic carbocycles. The quantitative estimate of drug-likeness (QED) is 0.914. The van der Waals surface area contributed by atoms with Gasteiger partial charge >= 0.3 is 6.03 Å². The van der Waals surface area contributed by atoms with Gasteiger partial charge in [-0.25, -0.2) is 4.79 Å². The van der Waals surface area contributed by atoms with Crippen molar-refractivity contribution < 1.29 is 9.32 Å². The highest BCUT2D eigenvalue weighted by atomic mass is 16.5. The molecule has 1 aliphatic rings. The summed E-state index contributed by atoms with van der Waals surface area (Å²) in [7, 11) is 1.80. The highest BCUT2D eigenvalue weighted by Crippen LogP contribution is 2.18. The van der Waals surface area contributed by atoms with Gasteiger partial charge in [0, 0.05) is 31.6 Å². The van der Waals surface area contributed by atoms with Gasteiger partial charge in [0.05, 0.1) is 0 Å². The summed E-state index contributed by atoms with van der Waals surface area (Å²) in [6.07, 6.45) is 6.45. The molecule has 6 heteroatoms. The Morgan fingerprint density at radius 3 is 2.75 bits per heavy atom. The van der Waals surface area contributed by atoms with E-state index in [0.717, 1.165) is 18.4 Å². The van der Waals surface area contributed by atoms with Crippen LogP contribution in [0.1, 0.15) is 37.9 Å². The first-order chi connectivity index (χ1) is 11.7. The Kier molecular flexibility index (Phi) is 5.46. The number of urea groups is 1. The molecule has 0 spiro atoms. The second-order valence-corrected chi connectivity index (χ2v) is 6.34. The van der Waals surface area contributed by atoms with E-state index < -0.39 is 0 Å². The van der Waals surface area contributed by atoms with Crippen molar-refractivity contribution in [3.05, 3.63) is 36.2 Å². The third-order valence-corrected chi connectivity index (χ3v) is 4.44. The normalized spacial score (nSPS) is 15.2. The lowest BCUT2D eigenvalue weighted by molar-refractivity contribution is 0.200. The van der Waals surface area contributed by atoms with Gasteiger partial charge < -0.3 is 14.7 Å². The van der Waals surface area contributed by atoms with E-state index in [0.29, 0.717) is 30.7 Å². The van der Waals surface area contributed by atoms with E-state index in [9.17, 15) is 4.79 Å². The van der Waals surface area contributed by atoms with Crippen LogP contribution in [-0.4, -0.2) is 40.7 Å². The summed E-state index contributed by atoms with van der Waals surface area (Å²) in [5, 5.41) is 7.10. The molecular formula is C18H24N4O2. The molecule has 0 unspecified atom stereocenters. The number of hydrogen-bond donors (Lipinski definition) is 1. The van der Waals surface area contributed by atoms with Crippen molar-refractivity contribution in [3.63, 3.8) is 0 Å². The van der Waals surface area contributed by atoms with Crippen LogP contribution in [0.5, 0.6) is 0 Å². The first-order valence-electron chi connectivity index (χ1n) is 8.62. The van der Waals surface area contributed by atoms with E-state index in [1.807, 2.05) is 30.3 Å². The van der Waals surface area contributed by atoms with Crippen LogP contribution in [0.2, 0.25) is 0 Å². The minimum absolute atomic E-state index is 0.0197. The van der Waals surface area contributed by atoms with E-state index in [4.69, 9.17) is 4.52 Å². The molecule has 0 aliphatic heterocycles. The van der Waals surface area contributed by atoms with Gasteiger partial charge in [-0.15, -0.1) is 0 Å². The fraction of sp³-hybridized carbons (Fsp3) is 0.500. The van der Waals surface area contributed by atoms with E-state index in [-0.39, 0.29) is 6.03 Å². The number of likely N-dealkylation sites (N-methyl/N-ethyl adjacent to an activating group) is 1. The molecule has 6 nitrogen and oxygen atoms in total. The van der Waals surface area contributed by atoms with Crippen LogP contribution in [-0.2, 0) is 6.42 Å².